The average molecular weight is 1130 g/mol. The third kappa shape index (κ3) is 12.9. The van der Waals surface area contributed by atoms with Gasteiger partial charge in [-0.25, -0.2) is 29.5 Å². The van der Waals surface area contributed by atoms with Crippen LogP contribution in [0.1, 0.15) is 113 Å². The zero-order chi connectivity index (χ0) is 55.7. The summed E-state index contributed by atoms with van der Waals surface area (Å²) >= 11 is 0. The molecule has 23 nitrogen and oxygen atoms in total. The van der Waals surface area contributed by atoms with Crippen LogP contribution in [0.5, 0.6) is 0 Å². The van der Waals surface area contributed by atoms with Crippen molar-refractivity contribution in [2.45, 2.75) is 160 Å². The highest BCUT2D eigenvalue weighted by atomic mass is 31.2. The van der Waals surface area contributed by atoms with Crippen molar-refractivity contribution in [1.29, 1.82) is 5.26 Å². The molecule has 1 saturated carbocycles. The Morgan fingerprint density at radius 1 is 0.947 bits per heavy atom. The number of carbonyl (C=O) groups excluding carboxylic acids is 3. The fourth-order valence-electron chi connectivity index (χ4n) is 8.64. The summed E-state index contributed by atoms with van der Waals surface area (Å²) in [6.07, 6.45) is -3.57. The lowest BCUT2D eigenvalue weighted by Crippen LogP contribution is -2.49. The first-order chi connectivity index (χ1) is 35.6. The van der Waals surface area contributed by atoms with Crippen molar-refractivity contribution in [3.8, 4) is 6.07 Å². The van der Waals surface area contributed by atoms with Crippen LogP contribution in [0.15, 0.2) is 54.3 Å². The fraction of sp³-hybridized carbons (Fsp3) is 0.612. The molecule has 0 radical (unpaired) electrons. The van der Waals surface area contributed by atoms with E-state index in [0.717, 1.165) is 0 Å². The molecule has 1 aromatic carbocycles. The number of aliphatic hydroxyl groups is 1. The first kappa shape index (κ1) is 59.0. The number of fused-ring (bicyclic) bond motifs is 2. The number of imidazole rings is 2. The second-order valence-electron chi connectivity index (χ2n) is 22.6. The van der Waals surface area contributed by atoms with Crippen LogP contribution >= 0.6 is 16.1 Å². The topological polar surface area (TPSA) is 300 Å². The van der Waals surface area contributed by atoms with Gasteiger partial charge in [-0.05, 0) is 42.7 Å². The van der Waals surface area contributed by atoms with Crippen molar-refractivity contribution < 1.29 is 65.2 Å². The predicted octanol–water partition coefficient (Wildman–Crippen LogP) is 8.24. The largest absolute Gasteiger partial charge is 0.695 e. The lowest BCUT2D eigenvalue weighted by Gasteiger charge is -2.41. The standard InChI is InChI=1S/C49H69N9O14P2Si2/c1-29(2)46(62)56-37-23-35(61)39-45(55-37)57(27-54-39)33-21-31(24-59)40(71-75(9,10)48(3,4)5)41(33)70-74(65,66-20-16-19-50)67-25-36-42(69-73(63)64)43(72-76(11,12)49(6,7)8)47(68-36)58-28-53-38-32(51-26-52-44(38)58)22-34(60)30-17-14-13-15-18-30/h13-15,17-18,26-29,31,33,36,40-43,47,59H,16,20-25H2,1-12H3,(H-,55,56,61,62,63,64)/p+1/t31-,33-,36-,40-,41+,42-,43-,47-,74?/m1/s1. The van der Waals surface area contributed by atoms with Gasteiger partial charge in [-0.2, -0.15) is 5.26 Å². The van der Waals surface area contributed by atoms with Crippen LogP contribution in [0.3, 0.4) is 0 Å². The minimum Gasteiger partial charge on any atom is -0.411 e. The molecule has 3 N–H and O–H groups in total. The van der Waals surface area contributed by atoms with Gasteiger partial charge < -0.3 is 28.6 Å². The van der Waals surface area contributed by atoms with E-state index in [1.165, 1.54) is 19.0 Å². The second kappa shape index (κ2) is 23.4. The van der Waals surface area contributed by atoms with Gasteiger partial charge >= 0.3 is 16.1 Å². The maximum absolute atomic E-state index is 15.6. The van der Waals surface area contributed by atoms with Crippen molar-refractivity contribution in [2.75, 3.05) is 19.8 Å². The number of aliphatic hydroxyl groups excluding tert-OH is 1. The summed E-state index contributed by atoms with van der Waals surface area (Å²) in [5.41, 5.74) is 1.41. The molecule has 1 aliphatic carbocycles. The zero-order valence-electron chi connectivity index (χ0n) is 45.0. The molecule has 2 fully saturated rings. The maximum atomic E-state index is 15.6. The highest BCUT2D eigenvalue weighted by molar-refractivity contribution is 7.48. The molecule has 3 aliphatic rings. The van der Waals surface area contributed by atoms with Gasteiger partial charge in [-0.3, -0.25) is 32.5 Å². The smallest absolute Gasteiger partial charge is 0.411 e. The molecule has 76 heavy (non-hydrogen) atoms. The number of hydrogen-bond donors (Lipinski definition) is 3. The number of rotatable bonds is 21. The average Bonchev–Trinajstić information content (AvgIpc) is 4.12. The van der Waals surface area contributed by atoms with Crippen molar-refractivity contribution >= 4 is 73.0 Å². The SMILES string of the molecule is CC(C)C(=O)NC1=Nc2c(ncn2[C@@H]2C[C@H](CO)[C@@H](O[Si](C)(C)C(C)(C)C)[C@H]2OP(=O)(OCCC#N)OC[C@H]2O[C@@H](n3cnc4c(CC(=O)c5ccccc5)ncnc43)[C@H](O[Si](C)(C)C(C)(C)C)[C@@H]2O[P+](=O)O)C(=O)C1. The summed E-state index contributed by atoms with van der Waals surface area (Å²) in [4.78, 5) is 72.8. The number of phosphoric ester groups is 1. The second-order valence-corrected chi connectivity index (χ2v) is 34.4. The van der Waals surface area contributed by atoms with E-state index in [-0.39, 0.29) is 65.4 Å². The number of ketones is 2. The summed E-state index contributed by atoms with van der Waals surface area (Å²) in [7, 11) is -13.8. The van der Waals surface area contributed by atoms with Gasteiger partial charge in [-0.1, -0.05) is 85.7 Å². The highest BCUT2D eigenvalue weighted by Gasteiger charge is 2.57. The summed E-state index contributed by atoms with van der Waals surface area (Å²) in [6.45, 7) is 22.1. The van der Waals surface area contributed by atoms with Crippen LogP contribution in [-0.4, -0.2) is 129 Å². The van der Waals surface area contributed by atoms with Crippen LogP contribution in [0.2, 0.25) is 36.3 Å². The van der Waals surface area contributed by atoms with Gasteiger partial charge in [0.25, 0.3) is 0 Å². The molecule has 10 atom stereocenters. The number of phosphoric acid groups is 1. The Labute approximate surface area is 445 Å². The van der Waals surface area contributed by atoms with Crippen molar-refractivity contribution in [1.82, 2.24) is 34.4 Å². The molecule has 2 aliphatic heterocycles. The van der Waals surface area contributed by atoms with E-state index in [9.17, 15) is 34.2 Å². The maximum Gasteiger partial charge on any atom is 0.695 e. The number of nitrogens with zero attached hydrogens (tertiary/aromatic N) is 8. The van der Waals surface area contributed by atoms with E-state index < -0.39 is 118 Å². The Balaban J connectivity index is 1.28. The normalized spacial score (nSPS) is 24.3. The molecule has 1 saturated heterocycles. The molecule has 27 heteroatoms. The fourth-order valence-corrected chi connectivity index (χ4v) is 13.2. The zero-order valence-corrected chi connectivity index (χ0v) is 48.8. The van der Waals surface area contributed by atoms with E-state index >= 15 is 4.57 Å². The number of aliphatic imine (C=N–C) groups is 1. The summed E-state index contributed by atoms with van der Waals surface area (Å²) in [5, 5.41) is 22.6. The van der Waals surface area contributed by atoms with Gasteiger partial charge in [0.2, 0.25) is 5.91 Å². The molecule has 2 unspecified atom stereocenters. The number of amidine groups is 1. The summed E-state index contributed by atoms with van der Waals surface area (Å²) in [5.74, 6) is -1.79. The van der Waals surface area contributed by atoms with E-state index in [1.807, 2.05) is 79.9 Å². The molecule has 1 amide bonds. The van der Waals surface area contributed by atoms with Crippen LogP contribution in [0.4, 0.5) is 5.82 Å². The van der Waals surface area contributed by atoms with Gasteiger partial charge in [0, 0.05) is 28.6 Å². The number of Topliss-reactive ketones (excluding diaryl/α,β-unsaturated/α-hetero) is 2. The number of carbonyl (C=O) groups is 3. The quantitative estimate of drug-likeness (QED) is 0.0306. The van der Waals surface area contributed by atoms with Crippen LogP contribution < -0.4 is 5.32 Å². The van der Waals surface area contributed by atoms with Crippen molar-refractivity contribution in [3.05, 3.63) is 66.3 Å². The Morgan fingerprint density at radius 3 is 2.22 bits per heavy atom. The summed E-state index contributed by atoms with van der Waals surface area (Å²) in [6, 6.07) is 9.82. The lowest BCUT2D eigenvalue weighted by molar-refractivity contribution is -0.122. The number of benzene rings is 1. The minimum absolute atomic E-state index is 0.0324. The third-order valence-corrected chi connectivity index (χ3v) is 25.7. The van der Waals surface area contributed by atoms with E-state index in [4.69, 9.17) is 31.7 Å². The van der Waals surface area contributed by atoms with E-state index in [0.29, 0.717) is 16.8 Å². The number of aromatic nitrogens is 6. The first-order valence-corrected chi connectivity index (χ1v) is 33.6. The van der Waals surface area contributed by atoms with Crippen LogP contribution in [-0.2, 0) is 52.0 Å². The first-order valence-electron chi connectivity index (χ1n) is 25.2. The predicted molar refractivity (Wildman–Crippen MR) is 283 cm³/mol. The molecule has 412 valence electrons. The van der Waals surface area contributed by atoms with E-state index in [2.05, 4.69) is 30.2 Å². The number of nitriles is 1. The molecule has 0 bridgehead atoms. The summed E-state index contributed by atoms with van der Waals surface area (Å²) < 4.78 is 76.9. The molecule has 3 aromatic heterocycles. The van der Waals surface area contributed by atoms with Crippen LogP contribution in [0.25, 0.3) is 11.2 Å². The Hall–Kier alpha value is -4.65. The lowest BCUT2D eigenvalue weighted by atomic mass is 10.1. The van der Waals surface area contributed by atoms with Gasteiger partial charge in [0.15, 0.2) is 57.7 Å². The molecule has 7 rings (SSSR count). The van der Waals surface area contributed by atoms with Gasteiger partial charge in [0.1, 0.15) is 36.0 Å². The molecule has 0 spiro atoms. The Kier molecular flexibility index (Phi) is 18.1. The molecule has 5 heterocycles. The monoisotopic (exact) mass is 1130 g/mol. The number of amides is 1. The van der Waals surface area contributed by atoms with Crippen molar-refractivity contribution in [3.63, 3.8) is 0 Å². The van der Waals surface area contributed by atoms with Gasteiger partial charge in [0.05, 0.1) is 69.0 Å². The number of hydrogen-bond acceptors (Lipinski definition) is 19. The molecule has 4 aromatic rings. The van der Waals surface area contributed by atoms with Gasteiger partial charge in [-0.15, -0.1) is 9.42 Å². The third-order valence-electron chi connectivity index (χ3n) is 14.9. The molecular weight excluding hydrogens is 1060 g/mol. The molecular formula is C49H70N9O14P2Si2+. The van der Waals surface area contributed by atoms with Crippen molar-refractivity contribution in [2.24, 2.45) is 16.8 Å². The minimum atomic E-state index is -4.93. The van der Waals surface area contributed by atoms with Crippen LogP contribution in [0, 0.1) is 23.2 Å². The number of nitrogens with one attached hydrogen (secondary N) is 1. The number of ether oxygens (including phenoxy) is 1. The Bertz CT molecular complexity index is 2920. The Morgan fingerprint density at radius 2 is 1.61 bits per heavy atom. The van der Waals surface area contributed by atoms with E-state index in [1.54, 1.807) is 47.2 Å². The highest BCUT2D eigenvalue weighted by Crippen LogP contribution is 2.57.